The highest BCUT2D eigenvalue weighted by molar-refractivity contribution is 7.99. The van der Waals surface area contributed by atoms with Crippen LogP contribution in [0.4, 0.5) is 5.69 Å². The molecule has 0 aliphatic carbocycles. The molecule has 0 spiro atoms. The summed E-state index contributed by atoms with van der Waals surface area (Å²) in [6, 6.07) is 8.90. The molecule has 4 heteroatoms. The summed E-state index contributed by atoms with van der Waals surface area (Å²) in [5.74, 6) is 1.09. The normalized spacial score (nSPS) is 10.9. The molecule has 3 nitrogen and oxygen atoms in total. The Balaban J connectivity index is 2.08. The van der Waals surface area contributed by atoms with Crippen molar-refractivity contribution in [2.75, 3.05) is 11.1 Å². The first-order valence-corrected chi connectivity index (χ1v) is 7.67. The van der Waals surface area contributed by atoms with Gasteiger partial charge in [-0.15, -0.1) is 11.8 Å². The number of hydrogen-bond donors (Lipinski definition) is 1. The maximum absolute atomic E-state index is 4.23. The number of aromatic nitrogens is 2. The molecular weight excluding hydrogens is 254 g/mol. The van der Waals surface area contributed by atoms with Crippen LogP contribution in [0.1, 0.15) is 32.5 Å². The van der Waals surface area contributed by atoms with Gasteiger partial charge in [-0.2, -0.15) is 0 Å². The molecule has 0 amide bonds. The van der Waals surface area contributed by atoms with Crippen molar-refractivity contribution >= 4 is 17.4 Å². The molecular formula is C15H21N3S. The molecule has 0 unspecified atom stereocenters. The fourth-order valence-electron chi connectivity index (χ4n) is 2.01. The summed E-state index contributed by atoms with van der Waals surface area (Å²) >= 11 is 1.86. The molecule has 0 radical (unpaired) electrons. The molecule has 1 N–H and O–H groups in total. The number of hydrogen-bond acceptors (Lipinski definition) is 3. The van der Waals surface area contributed by atoms with E-state index >= 15 is 0 Å². The number of imidazole rings is 1. The summed E-state index contributed by atoms with van der Waals surface area (Å²) in [5.41, 5.74) is 2.41. The number of nitrogens with zero attached hydrogens (tertiary/aromatic N) is 2. The van der Waals surface area contributed by atoms with E-state index in [9.17, 15) is 0 Å². The molecule has 0 fully saturated rings. The standard InChI is InChI=1S/C15H21N3S/c1-4-19-15-8-6-5-7-14(15)17-10-13-9-16-11-18(13)12(2)3/h5-9,11-12,17H,4,10H2,1-3H3. The highest BCUT2D eigenvalue weighted by Gasteiger charge is 2.06. The lowest BCUT2D eigenvalue weighted by molar-refractivity contribution is 0.577. The third kappa shape index (κ3) is 3.53. The molecule has 0 saturated carbocycles. The lowest BCUT2D eigenvalue weighted by Crippen LogP contribution is -2.09. The lowest BCUT2D eigenvalue weighted by Gasteiger charge is -2.14. The van der Waals surface area contributed by atoms with Crippen LogP contribution in [-0.2, 0) is 6.54 Å². The minimum absolute atomic E-state index is 0.444. The Morgan fingerprint density at radius 3 is 2.84 bits per heavy atom. The number of thioether (sulfide) groups is 1. The van der Waals surface area contributed by atoms with Crippen molar-refractivity contribution in [1.29, 1.82) is 0 Å². The van der Waals surface area contributed by atoms with E-state index in [1.54, 1.807) is 0 Å². The summed E-state index contributed by atoms with van der Waals surface area (Å²) < 4.78 is 2.20. The van der Waals surface area contributed by atoms with Crippen LogP contribution in [0.3, 0.4) is 0 Å². The molecule has 0 bridgehead atoms. The van der Waals surface area contributed by atoms with Crippen molar-refractivity contribution in [2.45, 2.75) is 38.3 Å². The van der Waals surface area contributed by atoms with Gasteiger partial charge in [-0.1, -0.05) is 19.1 Å². The van der Waals surface area contributed by atoms with E-state index in [1.165, 1.54) is 16.3 Å². The second-order valence-electron chi connectivity index (χ2n) is 4.67. The zero-order valence-corrected chi connectivity index (χ0v) is 12.6. The number of para-hydroxylation sites is 1. The fourth-order valence-corrected chi connectivity index (χ4v) is 2.80. The first-order chi connectivity index (χ1) is 9.22. The van der Waals surface area contributed by atoms with Gasteiger partial charge in [0.05, 0.1) is 18.6 Å². The maximum Gasteiger partial charge on any atom is 0.0951 e. The van der Waals surface area contributed by atoms with Crippen LogP contribution in [0.2, 0.25) is 0 Å². The summed E-state index contributed by atoms with van der Waals surface area (Å²) in [4.78, 5) is 5.54. The third-order valence-electron chi connectivity index (χ3n) is 2.95. The topological polar surface area (TPSA) is 29.9 Å². The highest BCUT2D eigenvalue weighted by atomic mass is 32.2. The zero-order chi connectivity index (χ0) is 13.7. The summed E-state index contributed by atoms with van der Waals surface area (Å²) in [5, 5.41) is 3.51. The average molecular weight is 275 g/mol. The van der Waals surface area contributed by atoms with Crippen molar-refractivity contribution in [3.05, 3.63) is 42.5 Å². The van der Waals surface area contributed by atoms with Crippen LogP contribution in [0, 0.1) is 0 Å². The molecule has 1 aromatic carbocycles. The van der Waals surface area contributed by atoms with E-state index in [4.69, 9.17) is 0 Å². The predicted molar refractivity (Wildman–Crippen MR) is 82.8 cm³/mol. The van der Waals surface area contributed by atoms with E-state index in [0.717, 1.165) is 12.3 Å². The first-order valence-electron chi connectivity index (χ1n) is 6.68. The van der Waals surface area contributed by atoms with Gasteiger partial charge in [-0.25, -0.2) is 4.98 Å². The van der Waals surface area contributed by atoms with E-state index in [2.05, 4.69) is 59.9 Å². The van der Waals surface area contributed by atoms with Crippen molar-refractivity contribution < 1.29 is 0 Å². The van der Waals surface area contributed by atoms with Crippen molar-refractivity contribution in [3.63, 3.8) is 0 Å². The third-order valence-corrected chi connectivity index (χ3v) is 3.91. The van der Waals surface area contributed by atoms with Gasteiger partial charge in [0.1, 0.15) is 0 Å². The molecule has 2 rings (SSSR count). The Morgan fingerprint density at radius 2 is 2.11 bits per heavy atom. The quantitative estimate of drug-likeness (QED) is 0.802. The second-order valence-corrected chi connectivity index (χ2v) is 5.97. The molecule has 0 aliphatic heterocycles. The minimum Gasteiger partial charge on any atom is -0.379 e. The zero-order valence-electron chi connectivity index (χ0n) is 11.8. The Hall–Kier alpha value is -1.42. The SMILES string of the molecule is CCSc1ccccc1NCc1cncn1C(C)C. The summed E-state index contributed by atoms with van der Waals surface area (Å²) in [6.07, 6.45) is 3.83. The fraction of sp³-hybridized carbons (Fsp3) is 0.400. The van der Waals surface area contributed by atoms with Crippen molar-refractivity contribution in [1.82, 2.24) is 9.55 Å². The number of nitrogens with one attached hydrogen (secondary N) is 1. The van der Waals surface area contributed by atoms with Gasteiger partial charge in [-0.3, -0.25) is 0 Å². The van der Waals surface area contributed by atoms with Crippen LogP contribution < -0.4 is 5.32 Å². The van der Waals surface area contributed by atoms with Gasteiger partial charge in [0.15, 0.2) is 0 Å². The molecule has 19 heavy (non-hydrogen) atoms. The van der Waals surface area contributed by atoms with Gasteiger partial charge in [0, 0.05) is 22.8 Å². The van der Waals surface area contributed by atoms with Crippen molar-refractivity contribution in [3.8, 4) is 0 Å². The predicted octanol–water partition coefficient (Wildman–Crippen LogP) is 4.19. The van der Waals surface area contributed by atoms with Crippen LogP contribution in [-0.4, -0.2) is 15.3 Å². The molecule has 0 aliphatic rings. The smallest absolute Gasteiger partial charge is 0.0951 e. The molecule has 102 valence electrons. The molecule has 2 aromatic rings. The highest BCUT2D eigenvalue weighted by Crippen LogP contribution is 2.27. The Labute approximate surface area is 119 Å². The number of anilines is 1. The first kappa shape index (κ1) is 14.0. The van der Waals surface area contributed by atoms with E-state index in [0.29, 0.717) is 6.04 Å². The second kappa shape index (κ2) is 6.66. The van der Waals surface area contributed by atoms with Gasteiger partial charge >= 0.3 is 0 Å². The minimum atomic E-state index is 0.444. The lowest BCUT2D eigenvalue weighted by atomic mass is 10.3. The van der Waals surface area contributed by atoms with E-state index in [1.807, 2.05) is 24.3 Å². The van der Waals surface area contributed by atoms with Crippen LogP contribution in [0.15, 0.2) is 41.7 Å². The van der Waals surface area contributed by atoms with Crippen LogP contribution in [0.25, 0.3) is 0 Å². The maximum atomic E-state index is 4.23. The van der Waals surface area contributed by atoms with Crippen LogP contribution >= 0.6 is 11.8 Å². The Morgan fingerprint density at radius 1 is 1.32 bits per heavy atom. The average Bonchev–Trinajstić information content (AvgIpc) is 2.86. The number of benzene rings is 1. The van der Waals surface area contributed by atoms with Gasteiger partial charge < -0.3 is 9.88 Å². The summed E-state index contributed by atoms with van der Waals surface area (Å²) in [6.45, 7) is 7.33. The Bertz CT molecular complexity index is 520. The van der Waals surface area contributed by atoms with Crippen LogP contribution in [0.5, 0.6) is 0 Å². The number of rotatable bonds is 6. The van der Waals surface area contributed by atoms with Gasteiger partial charge in [0.25, 0.3) is 0 Å². The molecule has 1 aromatic heterocycles. The van der Waals surface area contributed by atoms with Gasteiger partial charge in [-0.05, 0) is 31.7 Å². The molecule has 0 saturated heterocycles. The van der Waals surface area contributed by atoms with E-state index < -0.39 is 0 Å². The summed E-state index contributed by atoms with van der Waals surface area (Å²) in [7, 11) is 0. The monoisotopic (exact) mass is 275 g/mol. The molecule has 0 atom stereocenters. The van der Waals surface area contributed by atoms with E-state index in [-0.39, 0.29) is 0 Å². The molecule has 1 heterocycles. The largest absolute Gasteiger partial charge is 0.379 e. The Kier molecular flexibility index (Phi) is 4.91. The van der Waals surface area contributed by atoms with Crippen molar-refractivity contribution in [2.24, 2.45) is 0 Å². The van der Waals surface area contributed by atoms with Gasteiger partial charge in [0.2, 0.25) is 0 Å².